The van der Waals surface area contributed by atoms with Gasteiger partial charge in [0.2, 0.25) is 0 Å². The molecule has 6 nitrogen and oxygen atoms in total. The van der Waals surface area contributed by atoms with Gasteiger partial charge in [-0.25, -0.2) is 4.98 Å². The smallest absolute Gasteiger partial charge is 0.273 e. The highest BCUT2D eigenvalue weighted by Crippen LogP contribution is 2.30. The summed E-state index contributed by atoms with van der Waals surface area (Å²) in [6.45, 7) is 4.20. The molecule has 2 aromatic rings. The molecule has 1 aliphatic heterocycles. The monoisotopic (exact) mass is 305 g/mol. The Morgan fingerprint density at radius 2 is 2.38 bits per heavy atom. The molecule has 1 fully saturated rings. The third-order valence-corrected chi connectivity index (χ3v) is 4.90. The number of hydrogen-bond donors (Lipinski definition) is 1. The van der Waals surface area contributed by atoms with E-state index in [4.69, 9.17) is 5.73 Å². The first-order valence-electron chi connectivity index (χ1n) is 6.95. The second kappa shape index (κ2) is 5.23. The molecule has 1 aliphatic rings. The van der Waals surface area contributed by atoms with Crippen molar-refractivity contribution in [3.8, 4) is 10.6 Å². The van der Waals surface area contributed by atoms with E-state index in [-0.39, 0.29) is 11.3 Å². The van der Waals surface area contributed by atoms with Crippen LogP contribution in [0.3, 0.4) is 0 Å². The Hall–Kier alpha value is -1.73. The van der Waals surface area contributed by atoms with E-state index < -0.39 is 0 Å². The minimum absolute atomic E-state index is 0.00133. The largest absolute Gasteiger partial charge is 0.337 e. The van der Waals surface area contributed by atoms with E-state index in [1.165, 1.54) is 11.3 Å². The second-order valence-electron chi connectivity index (χ2n) is 5.93. The van der Waals surface area contributed by atoms with Gasteiger partial charge in [0.05, 0.1) is 6.20 Å². The van der Waals surface area contributed by atoms with Gasteiger partial charge in [0.25, 0.3) is 5.91 Å². The molecule has 0 saturated carbocycles. The van der Waals surface area contributed by atoms with Crippen LogP contribution in [-0.4, -0.2) is 45.2 Å². The lowest BCUT2D eigenvalue weighted by molar-refractivity contribution is 0.0772. The molecule has 21 heavy (non-hydrogen) atoms. The molecule has 7 heteroatoms. The van der Waals surface area contributed by atoms with Crippen LogP contribution >= 0.6 is 11.3 Å². The summed E-state index contributed by atoms with van der Waals surface area (Å²) in [5.74, 6) is -0.00133. The van der Waals surface area contributed by atoms with E-state index in [0.29, 0.717) is 18.8 Å². The highest BCUT2D eigenvalue weighted by atomic mass is 32.1. The molecule has 0 bridgehead atoms. The minimum Gasteiger partial charge on any atom is -0.337 e. The maximum atomic E-state index is 12.5. The number of hydrogen-bond acceptors (Lipinski definition) is 5. The van der Waals surface area contributed by atoms with Gasteiger partial charge in [-0.3, -0.25) is 9.48 Å². The van der Waals surface area contributed by atoms with Crippen molar-refractivity contribution in [2.45, 2.75) is 13.3 Å². The number of thiazole rings is 1. The Labute approximate surface area is 127 Å². The van der Waals surface area contributed by atoms with Gasteiger partial charge in [-0.1, -0.05) is 6.92 Å². The molecule has 0 spiro atoms. The lowest BCUT2D eigenvalue weighted by Crippen LogP contribution is -2.34. The summed E-state index contributed by atoms with van der Waals surface area (Å²) in [6.07, 6.45) is 4.61. The van der Waals surface area contributed by atoms with Gasteiger partial charge >= 0.3 is 0 Å². The molecule has 1 atom stereocenters. The second-order valence-corrected chi connectivity index (χ2v) is 6.79. The molecule has 1 amide bonds. The first-order chi connectivity index (χ1) is 10.0. The number of carbonyl (C=O) groups excluding carboxylic acids is 1. The zero-order chi connectivity index (χ0) is 15.0. The molecular weight excluding hydrogens is 286 g/mol. The van der Waals surface area contributed by atoms with Gasteiger partial charge in [-0.15, -0.1) is 11.3 Å². The predicted molar refractivity (Wildman–Crippen MR) is 82.0 cm³/mol. The molecule has 2 aromatic heterocycles. The lowest BCUT2D eigenvalue weighted by atomic mass is 9.90. The van der Waals surface area contributed by atoms with Crippen LogP contribution in [0.2, 0.25) is 0 Å². The van der Waals surface area contributed by atoms with Crippen LogP contribution in [-0.2, 0) is 7.05 Å². The van der Waals surface area contributed by atoms with Crippen molar-refractivity contribution in [2.24, 2.45) is 18.2 Å². The van der Waals surface area contributed by atoms with E-state index in [0.717, 1.165) is 23.5 Å². The Kier molecular flexibility index (Phi) is 3.54. The van der Waals surface area contributed by atoms with Crippen LogP contribution in [0, 0.1) is 5.41 Å². The van der Waals surface area contributed by atoms with E-state index >= 15 is 0 Å². The number of carbonyl (C=O) groups is 1. The van der Waals surface area contributed by atoms with Crippen molar-refractivity contribution in [3.05, 3.63) is 23.5 Å². The molecule has 3 rings (SSSR count). The molecule has 1 saturated heterocycles. The number of nitrogens with zero attached hydrogens (tertiary/aromatic N) is 4. The Bertz CT molecular complexity index is 664. The standard InChI is InChI=1S/C14H19N5OS/c1-14(8-15)3-4-19(9-14)13(20)11-7-21-12(17-11)10-5-16-18(2)6-10/h5-7H,3-4,8-9,15H2,1-2H3. The number of likely N-dealkylation sites (tertiary alicyclic amines) is 1. The minimum atomic E-state index is -0.00133. The van der Waals surface area contributed by atoms with Gasteiger partial charge in [0.15, 0.2) is 0 Å². The van der Waals surface area contributed by atoms with E-state index in [1.54, 1.807) is 10.9 Å². The van der Waals surface area contributed by atoms with E-state index in [2.05, 4.69) is 17.0 Å². The summed E-state index contributed by atoms with van der Waals surface area (Å²) in [6, 6.07) is 0. The average molecular weight is 305 g/mol. The number of nitrogens with two attached hydrogens (primary N) is 1. The lowest BCUT2D eigenvalue weighted by Gasteiger charge is -2.22. The topological polar surface area (TPSA) is 77.0 Å². The third-order valence-electron chi connectivity index (χ3n) is 4.01. The Morgan fingerprint density at radius 3 is 3.00 bits per heavy atom. The van der Waals surface area contributed by atoms with Gasteiger partial charge in [0, 0.05) is 37.3 Å². The fraction of sp³-hybridized carbons (Fsp3) is 0.500. The fourth-order valence-corrected chi connectivity index (χ4v) is 3.33. The molecule has 0 aromatic carbocycles. The van der Waals surface area contributed by atoms with E-state index in [1.807, 2.05) is 23.5 Å². The number of aryl methyl sites for hydroxylation is 1. The van der Waals surface area contributed by atoms with Crippen molar-refractivity contribution in [3.63, 3.8) is 0 Å². The number of rotatable bonds is 3. The first-order valence-corrected chi connectivity index (χ1v) is 7.83. The van der Waals surface area contributed by atoms with Gasteiger partial charge in [-0.05, 0) is 18.4 Å². The van der Waals surface area contributed by atoms with Crippen LogP contribution in [0.4, 0.5) is 0 Å². The average Bonchev–Trinajstić information content (AvgIpc) is 3.17. The van der Waals surface area contributed by atoms with Crippen molar-refractivity contribution >= 4 is 17.2 Å². The van der Waals surface area contributed by atoms with E-state index in [9.17, 15) is 4.79 Å². The summed E-state index contributed by atoms with van der Waals surface area (Å²) in [5.41, 5.74) is 7.28. The summed E-state index contributed by atoms with van der Waals surface area (Å²) in [7, 11) is 1.86. The van der Waals surface area contributed by atoms with Crippen molar-refractivity contribution in [2.75, 3.05) is 19.6 Å². The van der Waals surface area contributed by atoms with Crippen LogP contribution in [0.1, 0.15) is 23.8 Å². The highest BCUT2D eigenvalue weighted by molar-refractivity contribution is 7.13. The summed E-state index contributed by atoms with van der Waals surface area (Å²) in [5, 5.41) is 6.78. The quantitative estimate of drug-likeness (QED) is 0.928. The predicted octanol–water partition coefficient (Wildman–Crippen LogP) is 1.35. The summed E-state index contributed by atoms with van der Waals surface area (Å²) < 4.78 is 1.73. The van der Waals surface area contributed by atoms with Crippen LogP contribution in [0.25, 0.3) is 10.6 Å². The fourth-order valence-electron chi connectivity index (χ4n) is 2.56. The maximum Gasteiger partial charge on any atom is 0.273 e. The van der Waals surface area contributed by atoms with Gasteiger partial charge < -0.3 is 10.6 Å². The molecule has 1 unspecified atom stereocenters. The Morgan fingerprint density at radius 1 is 1.57 bits per heavy atom. The highest BCUT2D eigenvalue weighted by Gasteiger charge is 2.35. The zero-order valence-electron chi connectivity index (χ0n) is 12.2. The third kappa shape index (κ3) is 2.71. The van der Waals surface area contributed by atoms with Gasteiger partial charge in [0.1, 0.15) is 10.7 Å². The summed E-state index contributed by atoms with van der Waals surface area (Å²) in [4.78, 5) is 18.8. The van der Waals surface area contributed by atoms with Crippen LogP contribution in [0.5, 0.6) is 0 Å². The SMILES string of the molecule is Cn1cc(-c2nc(C(=O)N3CCC(C)(CN)C3)cs2)cn1. The van der Waals surface area contributed by atoms with Crippen molar-refractivity contribution < 1.29 is 4.79 Å². The molecule has 2 N–H and O–H groups in total. The molecule has 0 radical (unpaired) electrons. The number of aromatic nitrogens is 3. The normalized spacial score (nSPS) is 22.0. The molecular formula is C14H19N5OS. The molecule has 3 heterocycles. The van der Waals surface area contributed by atoms with Crippen molar-refractivity contribution in [1.29, 1.82) is 0 Å². The first kappa shape index (κ1) is 14.2. The Balaban J connectivity index is 1.76. The van der Waals surface area contributed by atoms with Crippen LogP contribution in [0.15, 0.2) is 17.8 Å². The van der Waals surface area contributed by atoms with Crippen LogP contribution < -0.4 is 5.73 Å². The van der Waals surface area contributed by atoms with Gasteiger partial charge in [-0.2, -0.15) is 5.10 Å². The maximum absolute atomic E-state index is 12.5. The number of amides is 1. The van der Waals surface area contributed by atoms with Crippen molar-refractivity contribution in [1.82, 2.24) is 19.7 Å². The molecule has 0 aliphatic carbocycles. The molecule has 112 valence electrons. The summed E-state index contributed by atoms with van der Waals surface area (Å²) >= 11 is 1.47. The zero-order valence-corrected chi connectivity index (χ0v) is 13.1.